The van der Waals surface area contributed by atoms with Crippen molar-refractivity contribution in [3.63, 3.8) is 0 Å². The SMILES string of the molecule is COC(=O)N/N=C\c1cccc(OC(=O)c2ccccc2Cl)c1. The second-order valence-electron chi connectivity index (χ2n) is 4.30. The fraction of sp³-hybridized carbons (Fsp3) is 0.0625. The number of halogens is 1. The number of esters is 1. The summed E-state index contributed by atoms with van der Waals surface area (Å²) < 4.78 is 9.65. The second kappa shape index (κ2) is 7.95. The molecule has 0 unspecified atom stereocenters. The zero-order valence-electron chi connectivity index (χ0n) is 12.2. The third-order valence-electron chi connectivity index (χ3n) is 2.72. The molecule has 0 spiro atoms. The number of rotatable bonds is 4. The summed E-state index contributed by atoms with van der Waals surface area (Å²) in [7, 11) is 1.24. The number of ether oxygens (including phenoxy) is 2. The van der Waals surface area contributed by atoms with Crippen molar-refractivity contribution < 1.29 is 19.1 Å². The number of hydrazone groups is 1. The monoisotopic (exact) mass is 332 g/mol. The molecule has 1 amide bonds. The van der Waals surface area contributed by atoms with E-state index in [0.29, 0.717) is 16.3 Å². The van der Waals surface area contributed by atoms with Crippen LogP contribution in [-0.2, 0) is 4.74 Å². The Kier molecular flexibility index (Phi) is 5.71. The maximum Gasteiger partial charge on any atom is 0.427 e. The van der Waals surface area contributed by atoms with Gasteiger partial charge < -0.3 is 9.47 Å². The molecule has 0 saturated carbocycles. The van der Waals surface area contributed by atoms with E-state index in [1.807, 2.05) is 0 Å². The van der Waals surface area contributed by atoms with E-state index in [4.69, 9.17) is 16.3 Å². The van der Waals surface area contributed by atoms with E-state index >= 15 is 0 Å². The highest BCUT2D eigenvalue weighted by Gasteiger charge is 2.12. The van der Waals surface area contributed by atoms with Gasteiger partial charge in [-0.1, -0.05) is 35.9 Å². The van der Waals surface area contributed by atoms with Gasteiger partial charge in [-0.2, -0.15) is 5.10 Å². The van der Waals surface area contributed by atoms with Gasteiger partial charge in [0, 0.05) is 0 Å². The van der Waals surface area contributed by atoms with Crippen LogP contribution in [0.5, 0.6) is 5.75 Å². The molecule has 2 aromatic rings. The van der Waals surface area contributed by atoms with Crippen LogP contribution >= 0.6 is 11.6 Å². The molecule has 0 saturated heterocycles. The Morgan fingerprint density at radius 3 is 2.70 bits per heavy atom. The van der Waals surface area contributed by atoms with Crippen LogP contribution in [0.15, 0.2) is 53.6 Å². The van der Waals surface area contributed by atoms with E-state index in [9.17, 15) is 9.59 Å². The highest BCUT2D eigenvalue weighted by atomic mass is 35.5. The smallest absolute Gasteiger partial charge is 0.427 e. The molecule has 118 valence electrons. The fourth-order valence-electron chi connectivity index (χ4n) is 1.65. The van der Waals surface area contributed by atoms with Crippen LogP contribution in [0.4, 0.5) is 4.79 Å². The van der Waals surface area contributed by atoms with Crippen molar-refractivity contribution in [2.24, 2.45) is 5.10 Å². The zero-order chi connectivity index (χ0) is 16.7. The van der Waals surface area contributed by atoms with Gasteiger partial charge in [0.1, 0.15) is 5.75 Å². The third kappa shape index (κ3) is 4.82. The minimum absolute atomic E-state index is 0.278. The number of amides is 1. The average molecular weight is 333 g/mol. The molecule has 1 N–H and O–H groups in total. The lowest BCUT2D eigenvalue weighted by molar-refractivity contribution is 0.0735. The summed E-state index contributed by atoms with van der Waals surface area (Å²) in [5.74, 6) is -0.227. The summed E-state index contributed by atoms with van der Waals surface area (Å²) >= 11 is 5.95. The molecule has 6 nitrogen and oxygen atoms in total. The standard InChI is InChI=1S/C16H13ClN2O4/c1-22-16(21)19-18-10-11-5-4-6-12(9-11)23-15(20)13-7-2-3-8-14(13)17/h2-10H,1H3,(H,19,21)/b18-10-. The molecular formula is C16H13ClN2O4. The number of nitrogens with one attached hydrogen (secondary N) is 1. The van der Waals surface area contributed by atoms with Gasteiger partial charge in [-0.15, -0.1) is 0 Å². The minimum Gasteiger partial charge on any atom is -0.452 e. The second-order valence-corrected chi connectivity index (χ2v) is 4.71. The fourth-order valence-corrected chi connectivity index (χ4v) is 1.87. The van der Waals surface area contributed by atoms with Gasteiger partial charge in [-0.3, -0.25) is 0 Å². The van der Waals surface area contributed by atoms with E-state index in [1.165, 1.54) is 13.3 Å². The largest absolute Gasteiger partial charge is 0.452 e. The lowest BCUT2D eigenvalue weighted by Crippen LogP contribution is -2.16. The van der Waals surface area contributed by atoms with Gasteiger partial charge in [0.05, 0.1) is 23.9 Å². The van der Waals surface area contributed by atoms with Crippen LogP contribution in [0.1, 0.15) is 15.9 Å². The maximum absolute atomic E-state index is 12.1. The molecule has 2 aromatic carbocycles. The van der Waals surface area contributed by atoms with Crippen molar-refractivity contribution in [3.05, 3.63) is 64.7 Å². The predicted molar refractivity (Wildman–Crippen MR) is 86.0 cm³/mol. The van der Waals surface area contributed by atoms with E-state index < -0.39 is 12.1 Å². The van der Waals surface area contributed by atoms with Crippen molar-refractivity contribution in [3.8, 4) is 5.75 Å². The summed E-state index contributed by atoms with van der Waals surface area (Å²) in [5, 5.41) is 4.01. The number of methoxy groups -OCH3 is 1. The van der Waals surface area contributed by atoms with Crippen molar-refractivity contribution in [1.29, 1.82) is 0 Å². The number of carbonyl (C=O) groups is 2. The van der Waals surface area contributed by atoms with Gasteiger partial charge >= 0.3 is 12.1 Å². The average Bonchev–Trinajstić information content (AvgIpc) is 2.55. The molecule has 0 aliphatic heterocycles. The van der Waals surface area contributed by atoms with E-state index in [-0.39, 0.29) is 5.56 Å². The van der Waals surface area contributed by atoms with Crippen molar-refractivity contribution in [2.45, 2.75) is 0 Å². The Morgan fingerprint density at radius 2 is 1.96 bits per heavy atom. The summed E-state index contributed by atoms with van der Waals surface area (Å²) in [5.41, 5.74) is 3.07. The summed E-state index contributed by atoms with van der Waals surface area (Å²) in [6.45, 7) is 0. The van der Waals surface area contributed by atoms with Crippen LogP contribution in [-0.4, -0.2) is 25.4 Å². The summed E-state index contributed by atoms with van der Waals surface area (Å²) in [6.07, 6.45) is 0.714. The molecule has 0 bridgehead atoms. The lowest BCUT2D eigenvalue weighted by Gasteiger charge is -2.06. The molecule has 0 heterocycles. The van der Waals surface area contributed by atoms with Crippen LogP contribution < -0.4 is 10.2 Å². The van der Waals surface area contributed by atoms with Gasteiger partial charge in [0.25, 0.3) is 0 Å². The maximum atomic E-state index is 12.1. The molecule has 0 aromatic heterocycles. The predicted octanol–water partition coefficient (Wildman–Crippen LogP) is 3.25. The topological polar surface area (TPSA) is 77.0 Å². The molecule has 2 rings (SSSR count). The first-order chi connectivity index (χ1) is 11.1. The Bertz CT molecular complexity index is 746. The molecule has 0 atom stereocenters. The number of nitrogens with zero attached hydrogens (tertiary/aromatic N) is 1. The van der Waals surface area contributed by atoms with E-state index in [1.54, 1.807) is 48.5 Å². The first kappa shape index (κ1) is 16.5. The van der Waals surface area contributed by atoms with Gasteiger partial charge in [0.15, 0.2) is 0 Å². The molecule has 7 heteroatoms. The van der Waals surface area contributed by atoms with Crippen molar-refractivity contribution >= 4 is 29.9 Å². The van der Waals surface area contributed by atoms with Crippen molar-refractivity contribution in [2.75, 3.05) is 7.11 Å². The van der Waals surface area contributed by atoms with Crippen LogP contribution in [0, 0.1) is 0 Å². The van der Waals surface area contributed by atoms with Crippen LogP contribution in [0.3, 0.4) is 0 Å². The van der Waals surface area contributed by atoms with E-state index in [0.717, 1.165) is 0 Å². The number of hydrogen-bond donors (Lipinski definition) is 1. The van der Waals surface area contributed by atoms with Gasteiger partial charge in [-0.05, 0) is 29.8 Å². The number of benzene rings is 2. The van der Waals surface area contributed by atoms with Crippen molar-refractivity contribution in [1.82, 2.24) is 5.43 Å². The highest BCUT2D eigenvalue weighted by molar-refractivity contribution is 6.33. The molecule has 0 fully saturated rings. The normalized spacial score (nSPS) is 10.3. The Hall–Kier alpha value is -2.86. The Balaban J connectivity index is 2.07. The molecule has 0 radical (unpaired) electrons. The van der Waals surface area contributed by atoms with E-state index in [2.05, 4.69) is 15.3 Å². The van der Waals surface area contributed by atoms with Gasteiger partial charge in [0.2, 0.25) is 0 Å². The number of carbonyl (C=O) groups excluding carboxylic acids is 2. The van der Waals surface area contributed by atoms with Crippen LogP contribution in [0.25, 0.3) is 0 Å². The minimum atomic E-state index is -0.678. The molecule has 0 aliphatic carbocycles. The molecular weight excluding hydrogens is 320 g/mol. The van der Waals surface area contributed by atoms with Gasteiger partial charge in [-0.25, -0.2) is 15.0 Å². The molecule has 23 heavy (non-hydrogen) atoms. The summed E-state index contributed by atoms with van der Waals surface area (Å²) in [4.78, 5) is 22.9. The lowest BCUT2D eigenvalue weighted by atomic mass is 10.2. The number of hydrogen-bond acceptors (Lipinski definition) is 5. The summed E-state index contributed by atoms with van der Waals surface area (Å²) in [6, 6.07) is 13.3. The third-order valence-corrected chi connectivity index (χ3v) is 3.05. The molecule has 0 aliphatic rings. The quantitative estimate of drug-likeness (QED) is 0.403. The highest BCUT2D eigenvalue weighted by Crippen LogP contribution is 2.19. The zero-order valence-corrected chi connectivity index (χ0v) is 12.9. The Labute approximate surface area is 137 Å². The first-order valence-electron chi connectivity index (χ1n) is 6.54. The first-order valence-corrected chi connectivity index (χ1v) is 6.92. The Morgan fingerprint density at radius 1 is 1.17 bits per heavy atom. The van der Waals surface area contributed by atoms with Crippen LogP contribution in [0.2, 0.25) is 5.02 Å².